The molecule has 0 amide bonds. The van der Waals surface area contributed by atoms with Crippen molar-refractivity contribution in [2.75, 3.05) is 39.1 Å². The zero-order valence-electron chi connectivity index (χ0n) is 13.0. The Morgan fingerprint density at radius 3 is 2.41 bits per heavy atom. The van der Waals surface area contributed by atoms with Crippen molar-refractivity contribution in [1.29, 1.82) is 0 Å². The maximum absolute atomic E-state index is 12.8. The Kier molecular flexibility index (Phi) is 4.90. The number of benzene rings is 1. The van der Waals surface area contributed by atoms with E-state index in [1.54, 1.807) is 6.20 Å². The van der Waals surface area contributed by atoms with Gasteiger partial charge in [0.05, 0.1) is 11.1 Å². The molecule has 0 fully saturated rings. The van der Waals surface area contributed by atoms with E-state index in [1.807, 2.05) is 27.2 Å². The molecule has 0 saturated heterocycles. The van der Waals surface area contributed by atoms with Crippen molar-refractivity contribution >= 4 is 16.6 Å². The lowest BCUT2D eigenvalue weighted by Gasteiger charge is -2.22. The molecular formula is C16H20F3N3. The van der Waals surface area contributed by atoms with Crippen molar-refractivity contribution < 1.29 is 13.2 Å². The lowest BCUT2D eigenvalue weighted by molar-refractivity contribution is -0.137. The molecule has 120 valence electrons. The average Bonchev–Trinajstić information content (AvgIpc) is 2.44. The van der Waals surface area contributed by atoms with Crippen LogP contribution in [-0.4, -0.2) is 44.1 Å². The first-order chi connectivity index (χ1) is 10.3. The summed E-state index contributed by atoms with van der Waals surface area (Å²) >= 11 is 0. The van der Waals surface area contributed by atoms with Gasteiger partial charge in [-0.15, -0.1) is 0 Å². The fourth-order valence-corrected chi connectivity index (χ4v) is 2.39. The highest BCUT2D eigenvalue weighted by Gasteiger charge is 2.30. The van der Waals surface area contributed by atoms with Gasteiger partial charge in [0.25, 0.3) is 0 Å². The third-order valence-corrected chi connectivity index (χ3v) is 3.56. The maximum Gasteiger partial charge on any atom is 0.416 e. The van der Waals surface area contributed by atoms with Crippen LogP contribution < -0.4 is 4.90 Å². The van der Waals surface area contributed by atoms with Crippen LogP contribution in [-0.2, 0) is 6.18 Å². The summed E-state index contributed by atoms with van der Waals surface area (Å²) in [5, 5.41) is 0.739. The van der Waals surface area contributed by atoms with Crippen LogP contribution in [0, 0.1) is 0 Å². The summed E-state index contributed by atoms with van der Waals surface area (Å²) < 4.78 is 38.3. The van der Waals surface area contributed by atoms with Crippen LogP contribution in [0.25, 0.3) is 10.9 Å². The first kappa shape index (κ1) is 16.5. The van der Waals surface area contributed by atoms with E-state index in [0.717, 1.165) is 42.7 Å². The minimum absolute atomic E-state index is 0.367. The van der Waals surface area contributed by atoms with E-state index in [-0.39, 0.29) is 0 Å². The average molecular weight is 311 g/mol. The van der Waals surface area contributed by atoms with Gasteiger partial charge in [-0.1, -0.05) is 6.07 Å². The Morgan fingerprint density at radius 1 is 1.05 bits per heavy atom. The number of pyridine rings is 1. The van der Waals surface area contributed by atoms with E-state index in [1.165, 1.54) is 6.07 Å². The molecule has 0 N–H and O–H groups in total. The minimum atomic E-state index is -4.34. The van der Waals surface area contributed by atoms with E-state index < -0.39 is 11.7 Å². The highest BCUT2D eigenvalue weighted by Crippen LogP contribution is 2.33. The summed E-state index contributed by atoms with van der Waals surface area (Å²) in [5.41, 5.74) is 0.601. The van der Waals surface area contributed by atoms with E-state index in [2.05, 4.69) is 14.8 Å². The molecule has 2 rings (SSSR count). The summed E-state index contributed by atoms with van der Waals surface area (Å²) in [6.45, 7) is 1.80. The van der Waals surface area contributed by atoms with Gasteiger partial charge in [0, 0.05) is 30.9 Å². The van der Waals surface area contributed by atoms with Crippen LogP contribution in [0.3, 0.4) is 0 Å². The zero-order valence-corrected chi connectivity index (χ0v) is 13.0. The smallest absolute Gasteiger partial charge is 0.374 e. The largest absolute Gasteiger partial charge is 0.416 e. The van der Waals surface area contributed by atoms with Gasteiger partial charge in [-0.3, -0.25) is 4.98 Å². The lowest BCUT2D eigenvalue weighted by Crippen LogP contribution is -2.23. The van der Waals surface area contributed by atoms with E-state index >= 15 is 0 Å². The molecule has 0 aliphatic rings. The number of halogens is 3. The molecule has 22 heavy (non-hydrogen) atoms. The highest BCUT2D eigenvalue weighted by molar-refractivity contribution is 5.91. The van der Waals surface area contributed by atoms with Gasteiger partial charge in [0.1, 0.15) is 0 Å². The molecule has 0 atom stereocenters. The van der Waals surface area contributed by atoms with Crippen molar-refractivity contribution in [3.05, 3.63) is 36.0 Å². The maximum atomic E-state index is 12.8. The monoisotopic (exact) mass is 311 g/mol. The number of hydrogen-bond donors (Lipinski definition) is 0. The topological polar surface area (TPSA) is 19.4 Å². The van der Waals surface area contributed by atoms with Crippen molar-refractivity contribution in [2.45, 2.75) is 12.6 Å². The zero-order chi connectivity index (χ0) is 16.3. The third-order valence-electron chi connectivity index (χ3n) is 3.56. The molecule has 6 heteroatoms. The number of aromatic nitrogens is 1. The summed E-state index contributed by atoms with van der Waals surface area (Å²) in [7, 11) is 5.98. The molecule has 0 unspecified atom stereocenters. The number of hydrogen-bond acceptors (Lipinski definition) is 3. The van der Waals surface area contributed by atoms with Crippen LogP contribution in [0.2, 0.25) is 0 Å². The molecule has 0 saturated carbocycles. The summed E-state index contributed by atoms with van der Waals surface area (Å²) in [6, 6.07) is 5.56. The van der Waals surface area contributed by atoms with Crippen LogP contribution >= 0.6 is 0 Å². The molecule has 0 radical (unpaired) electrons. The third kappa shape index (κ3) is 3.88. The molecule has 0 bridgehead atoms. The van der Waals surface area contributed by atoms with Crippen LogP contribution in [0.15, 0.2) is 30.5 Å². The highest BCUT2D eigenvalue weighted by atomic mass is 19.4. The Hall–Kier alpha value is -1.82. The summed E-state index contributed by atoms with van der Waals surface area (Å²) in [4.78, 5) is 8.23. The minimum Gasteiger partial charge on any atom is -0.374 e. The number of nitrogens with zero attached hydrogens (tertiary/aromatic N) is 3. The van der Waals surface area contributed by atoms with Gasteiger partial charge in [-0.2, -0.15) is 13.2 Å². The Labute approximate surface area is 128 Å². The van der Waals surface area contributed by atoms with E-state index in [0.29, 0.717) is 5.52 Å². The van der Waals surface area contributed by atoms with Crippen molar-refractivity contribution in [2.24, 2.45) is 0 Å². The standard InChI is InChI=1S/C16H20F3N3/c1-21(2)9-4-10-22(3)15-7-8-20-14-11-12(16(17,18)19)5-6-13(14)15/h5-8,11H,4,9-10H2,1-3H3. The van der Waals surface area contributed by atoms with Gasteiger partial charge >= 0.3 is 6.18 Å². The Morgan fingerprint density at radius 2 is 1.77 bits per heavy atom. The van der Waals surface area contributed by atoms with Crippen molar-refractivity contribution in [1.82, 2.24) is 9.88 Å². The molecule has 0 spiro atoms. The van der Waals surface area contributed by atoms with Gasteiger partial charge in [0.15, 0.2) is 0 Å². The van der Waals surface area contributed by atoms with Gasteiger partial charge in [-0.25, -0.2) is 0 Å². The first-order valence-electron chi connectivity index (χ1n) is 7.11. The Balaban J connectivity index is 2.27. The molecule has 1 aromatic carbocycles. The molecule has 1 aromatic heterocycles. The van der Waals surface area contributed by atoms with Crippen LogP contribution in [0.1, 0.15) is 12.0 Å². The fraction of sp³-hybridized carbons (Fsp3) is 0.438. The second-order valence-corrected chi connectivity index (χ2v) is 5.64. The predicted octanol–water partition coefficient (Wildman–Crippen LogP) is 3.64. The molecular weight excluding hydrogens is 291 g/mol. The number of rotatable bonds is 5. The van der Waals surface area contributed by atoms with Gasteiger partial charge < -0.3 is 9.80 Å². The normalized spacial score (nSPS) is 12.1. The molecule has 3 nitrogen and oxygen atoms in total. The van der Waals surface area contributed by atoms with Crippen molar-refractivity contribution in [3.63, 3.8) is 0 Å². The number of alkyl halides is 3. The quantitative estimate of drug-likeness (QED) is 0.840. The second-order valence-electron chi connectivity index (χ2n) is 5.64. The Bertz CT molecular complexity index is 638. The van der Waals surface area contributed by atoms with Gasteiger partial charge in [0.2, 0.25) is 0 Å². The number of anilines is 1. The van der Waals surface area contributed by atoms with Crippen molar-refractivity contribution in [3.8, 4) is 0 Å². The van der Waals surface area contributed by atoms with E-state index in [4.69, 9.17) is 0 Å². The van der Waals surface area contributed by atoms with Gasteiger partial charge in [-0.05, 0) is 45.3 Å². The van der Waals surface area contributed by atoms with E-state index in [9.17, 15) is 13.2 Å². The summed E-state index contributed by atoms with van der Waals surface area (Å²) in [5.74, 6) is 0. The fourth-order valence-electron chi connectivity index (χ4n) is 2.39. The molecule has 2 aromatic rings. The SMILES string of the molecule is CN(C)CCCN(C)c1ccnc2cc(C(F)(F)F)ccc12. The lowest BCUT2D eigenvalue weighted by atomic mass is 10.1. The summed E-state index contributed by atoms with van der Waals surface area (Å²) in [6.07, 6.45) is -1.81. The molecule has 0 aliphatic carbocycles. The molecule has 0 aliphatic heterocycles. The second kappa shape index (κ2) is 6.52. The van der Waals surface area contributed by atoms with Crippen LogP contribution in [0.4, 0.5) is 18.9 Å². The molecule has 1 heterocycles. The first-order valence-corrected chi connectivity index (χ1v) is 7.11. The predicted molar refractivity (Wildman–Crippen MR) is 83.2 cm³/mol. The van der Waals surface area contributed by atoms with Crippen LogP contribution in [0.5, 0.6) is 0 Å². The number of fused-ring (bicyclic) bond motifs is 1.